The minimum atomic E-state index is -0.997. The summed E-state index contributed by atoms with van der Waals surface area (Å²) in [6.45, 7) is 0. The molecule has 4 nitrogen and oxygen atoms in total. The summed E-state index contributed by atoms with van der Waals surface area (Å²) >= 11 is 0. The van der Waals surface area contributed by atoms with Crippen molar-refractivity contribution < 1.29 is 15.1 Å². The van der Waals surface area contributed by atoms with Crippen molar-refractivity contribution in [1.29, 1.82) is 0 Å². The zero-order valence-electron chi connectivity index (χ0n) is 6.14. The van der Waals surface area contributed by atoms with Crippen molar-refractivity contribution in [2.24, 2.45) is 5.16 Å². The van der Waals surface area contributed by atoms with Crippen LogP contribution in [0.15, 0.2) is 29.4 Å². The largest absolute Gasteiger partial charge is 0.478 e. The van der Waals surface area contributed by atoms with Crippen LogP contribution in [0.1, 0.15) is 15.9 Å². The molecule has 62 valence electrons. The minimum Gasteiger partial charge on any atom is -0.478 e. The quantitative estimate of drug-likeness (QED) is 0.393. The molecule has 1 aromatic carbocycles. The van der Waals surface area contributed by atoms with Gasteiger partial charge in [0.15, 0.2) is 0 Å². The van der Waals surface area contributed by atoms with Gasteiger partial charge in [-0.3, -0.25) is 0 Å². The number of carbonyl (C=O) groups is 1. The Balaban J connectivity index is 3.03. The molecule has 1 rings (SSSR count). The Hall–Kier alpha value is -1.84. The van der Waals surface area contributed by atoms with Crippen molar-refractivity contribution in [2.45, 2.75) is 0 Å². The highest BCUT2D eigenvalue weighted by molar-refractivity contribution is 5.90. The number of hydrogen-bond donors (Lipinski definition) is 2. The van der Waals surface area contributed by atoms with E-state index in [-0.39, 0.29) is 5.56 Å². The predicted molar refractivity (Wildman–Crippen MR) is 42.8 cm³/mol. The third-order valence-electron chi connectivity index (χ3n) is 1.34. The van der Waals surface area contributed by atoms with Crippen LogP contribution in [-0.4, -0.2) is 22.5 Å². The number of benzene rings is 1. The molecule has 0 atom stereocenters. The Labute approximate surface area is 68.8 Å². The van der Waals surface area contributed by atoms with Gasteiger partial charge in [0.2, 0.25) is 0 Å². The number of carboxylic acids is 1. The van der Waals surface area contributed by atoms with Crippen molar-refractivity contribution in [3.63, 3.8) is 0 Å². The van der Waals surface area contributed by atoms with E-state index in [4.69, 9.17) is 10.3 Å². The lowest BCUT2D eigenvalue weighted by Gasteiger charge is -1.94. The van der Waals surface area contributed by atoms with Crippen molar-refractivity contribution in [2.75, 3.05) is 0 Å². The number of nitrogens with zero attached hydrogens (tertiary/aromatic N) is 1. The molecule has 2 N–H and O–H groups in total. The zero-order valence-corrected chi connectivity index (χ0v) is 6.14. The fraction of sp³-hybridized carbons (Fsp3) is 0. The standard InChI is InChI=1S/C8H7NO3/c10-8(11)7-3-1-2-6(4-7)5-9-12/h1-5,12H,(H,10,11)/b9-5-. The third-order valence-corrected chi connectivity index (χ3v) is 1.34. The van der Waals surface area contributed by atoms with Gasteiger partial charge in [0, 0.05) is 0 Å². The Kier molecular flexibility index (Phi) is 2.42. The van der Waals surface area contributed by atoms with E-state index in [2.05, 4.69) is 5.16 Å². The lowest BCUT2D eigenvalue weighted by Crippen LogP contribution is -1.96. The fourth-order valence-corrected chi connectivity index (χ4v) is 0.819. The van der Waals surface area contributed by atoms with Crippen LogP contribution in [-0.2, 0) is 0 Å². The van der Waals surface area contributed by atoms with Crippen LogP contribution in [0.3, 0.4) is 0 Å². The Morgan fingerprint density at radius 2 is 2.25 bits per heavy atom. The van der Waals surface area contributed by atoms with Crippen LogP contribution in [0.25, 0.3) is 0 Å². The molecule has 12 heavy (non-hydrogen) atoms. The monoisotopic (exact) mass is 165 g/mol. The molecule has 0 bridgehead atoms. The van der Waals surface area contributed by atoms with Gasteiger partial charge in [-0.15, -0.1) is 0 Å². The molecule has 0 saturated carbocycles. The molecule has 0 unspecified atom stereocenters. The Morgan fingerprint density at radius 1 is 1.50 bits per heavy atom. The van der Waals surface area contributed by atoms with Gasteiger partial charge < -0.3 is 10.3 Å². The first-order valence-electron chi connectivity index (χ1n) is 3.25. The first-order chi connectivity index (χ1) is 5.74. The summed E-state index contributed by atoms with van der Waals surface area (Å²) < 4.78 is 0. The second-order valence-electron chi connectivity index (χ2n) is 2.18. The van der Waals surface area contributed by atoms with Gasteiger partial charge in [0.25, 0.3) is 0 Å². The molecule has 0 heterocycles. The van der Waals surface area contributed by atoms with Gasteiger partial charge in [0.1, 0.15) is 0 Å². The summed E-state index contributed by atoms with van der Waals surface area (Å²) in [5.41, 5.74) is 0.727. The van der Waals surface area contributed by atoms with Gasteiger partial charge in [-0.05, 0) is 17.7 Å². The number of carboxylic acid groups (broad SMARTS) is 1. The van der Waals surface area contributed by atoms with Crippen LogP contribution in [0, 0.1) is 0 Å². The van der Waals surface area contributed by atoms with Crippen molar-refractivity contribution in [3.05, 3.63) is 35.4 Å². The maximum absolute atomic E-state index is 10.5. The SMILES string of the molecule is O=C(O)c1cccc(/C=N\O)c1. The van der Waals surface area contributed by atoms with Gasteiger partial charge in [0.05, 0.1) is 11.8 Å². The Morgan fingerprint density at radius 3 is 2.83 bits per heavy atom. The molecule has 0 radical (unpaired) electrons. The normalized spacial score (nSPS) is 10.3. The topological polar surface area (TPSA) is 69.9 Å². The first kappa shape index (κ1) is 8.26. The van der Waals surface area contributed by atoms with Crippen LogP contribution < -0.4 is 0 Å². The molecule has 0 aliphatic carbocycles. The molecular weight excluding hydrogens is 158 g/mol. The molecule has 1 aromatic rings. The molecule has 0 saturated heterocycles. The van der Waals surface area contributed by atoms with Crippen LogP contribution in [0.5, 0.6) is 0 Å². The maximum Gasteiger partial charge on any atom is 0.335 e. The van der Waals surface area contributed by atoms with E-state index in [1.807, 2.05) is 0 Å². The second kappa shape index (κ2) is 3.52. The summed E-state index contributed by atoms with van der Waals surface area (Å²) in [6.07, 6.45) is 1.17. The van der Waals surface area contributed by atoms with E-state index in [0.29, 0.717) is 5.56 Å². The molecule has 0 aliphatic heterocycles. The van der Waals surface area contributed by atoms with Gasteiger partial charge in [-0.25, -0.2) is 4.79 Å². The molecule has 0 fully saturated rings. The highest BCUT2D eigenvalue weighted by Gasteiger charge is 2.00. The van der Waals surface area contributed by atoms with Gasteiger partial charge >= 0.3 is 5.97 Å². The number of aromatic carboxylic acids is 1. The lowest BCUT2D eigenvalue weighted by molar-refractivity contribution is 0.0697. The van der Waals surface area contributed by atoms with E-state index >= 15 is 0 Å². The lowest BCUT2D eigenvalue weighted by atomic mass is 10.1. The van der Waals surface area contributed by atoms with Gasteiger partial charge in [-0.1, -0.05) is 17.3 Å². The molecule has 0 aromatic heterocycles. The summed E-state index contributed by atoms with van der Waals surface area (Å²) in [5, 5.41) is 19.5. The summed E-state index contributed by atoms with van der Waals surface area (Å²) in [6, 6.07) is 6.12. The number of hydrogen-bond acceptors (Lipinski definition) is 3. The van der Waals surface area contributed by atoms with Crippen molar-refractivity contribution in [3.8, 4) is 0 Å². The summed E-state index contributed by atoms with van der Waals surface area (Å²) in [5.74, 6) is -0.997. The minimum absolute atomic E-state index is 0.174. The molecular formula is C8H7NO3. The summed E-state index contributed by atoms with van der Waals surface area (Å²) in [7, 11) is 0. The molecule has 0 aliphatic rings. The maximum atomic E-state index is 10.5. The highest BCUT2D eigenvalue weighted by atomic mass is 16.4. The van der Waals surface area contributed by atoms with E-state index in [1.165, 1.54) is 18.3 Å². The number of rotatable bonds is 2. The molecule has 0 amide bonds. The van der Waals surface area contributed by atoms with E-state index in [9.17, 15) is 4.79 Å². The zero-order chi connectivity index (χ0) is 8.97. The van der Waals surface area contributed by atoms with Crippen LogP contribution in [0.2, 0.25) is 0 Å². The summed E-state index contributed by atoms with van der Waals surface area (Å²) in [4.78, 5) is 10.5. The van der Waals surface area contributed by atoms with Crippen molar-refractivity contribution in [1.82, 2.24) is 0 Å². The average Bonchev–Trinajstić information content (AvgIpc) is 2.05. The smallest absolute Gasteiger partial charge is 0.335 e. The highest BCUT2D eigenvalue weighted by Crippen LogP contribution is 2.02. The van der Waals surface area contributed by atoms with Crippen LogP contribution >= 0.6 is 0 Å². The van der Waals surface area contributed by atoms with Gasteiger partial charge in [-0.2, -0.15) is 0 Å². The molecule has 4 heteroatoms. The van der Waals surface area contributed by atoms with Crippen LogP contribution in [0.4, 0.5) is 0 Å². The van der Waals surface area contributed by atoms with E-state index < -0.39 is 5.97 Å². The molecule has 0 spiro atoms. The third kappa shape index (κ3) is 1.82. The Bertz CT molecular complexity index is 320. The van der Waals surface area contributed by atoms with Crippen molar-refractivity contribution >= 4 is 12.2 Å². The average molecular weight is 165 g/mol. The fourth-order valence-electron chi connectivity index (χ4n) is 0.819. The predicted octanol–water partition coefficient (Wildman–Crippen LogP) is 1.19. The number of oxime groups is 1. The second-order valence-corrected chi connectivity index (χ2v) is 2.18. The first-order valence-corrected chi connectivity index (χ1v) is 3.25. The van der Waals surface area contributed by atoms with E-state index in [0.717, 1.165) is 0 Å². The van der Waals surface area contributed by atoms with E-state index in [1.54, 1.807) is 12.1 Å².